The number of rotatable bonds is 6. The highest BCUT2D eigenvalue weighted by molar-refractivity contribution is 9.08. The van der Waals surface area contributed by atoms with Crippen LogP contribution >= 0.6 is 15.9 Å². The van der Waals surface area contributed by atoms with E-state index in [-0.39, 0.29) is 0 Å². The van der Waals surface area contributed by atoms with E-state index in [2.05, 4.69) is 31.4 Å². The standard InChI is InChI=1S/C18H17BrN4O2/c1-25-16-8-12(18(20)24)5-6-15(16)22-14-4-2-3-11(7-14)17-13(9-19)10-21-23-17/h2-8,10,22H,9H2,1H3,(H2,20,24)(H,21,23). The van der Waals surface area contributed by atoms with Crippen LogP contribution in [0.15, 0.2) is 48.7 Å². The molecule has 2 aromatic carbocycles. The highest BCUT2D eigenvalue weighted by atomic mass is 79.9. The summed E-state index contributed by atoms with van der Waals surface area (Å²) in [6.45, 7) is 0. The van der Waals surface area contributed by atoms with Crippen molar-refractivity contribution in [2.75, 3.05) is 12.4 Å². The molecule has 1 aromatic heterocycles. The van der Waals surface area contributed by atoms with Gasteiger partial charge in [0.25, 0.3) is 0 Å². The highest BCUT2D eigenvalue weighted by Crippen LogP contribution is 2.31. The summed E-state index contributed by atoms with van der Waals surface area (Å²) < 4.78 is 5.35. The van der Waals surface area contributed by atoms with Crippen molar-refractivity contribution in [1.82, 2.24) is 10.2 Å². The van der Waals surface area contributed by atoms with Gasteiger partial charge >= 0.3 is 0 Å². The Morgan fingerprint density at radius 2 is 2.16 bits per heavy atom. The number of H-pyrrole nitrogens is 1. The van der Waals surface area contributed by atoms with E-state index in [1.807, 2.05) is 24.3 Å². The summed E-state index contributed by atoms with van der Waals surface area (Å²) in [6, 6.07) is 13.0. The molecule has 128 valence electrons. The lowest BCUT2D eigenvalue weighted by Gasteiger charge is -2.13. The number of nitrogens with two attached hydrogens (primary N) is 1. The second kappa shape index (κ2) is 7.40. The molecule has 1 heterocycles. The van der Waals surface area contributed by atoms with E-state index >= 15 is 0 Å². The molecule has 0 spiro atoms. The average molecular weight is 401 g/mol. The summed E-state index contributed by atoms with van der Waals surface area (Å²) in [6.07, 6.45) is 1.80. The second-order valence-corrected chi connectivity index (χ2v) is 5.95. The first-order valence-corrected chi connectivity index (χ1v) is 8.68. The van der Waals surface area contributed by atoms with Gasteiger partial charge in [-0.1, -0.05) is 28.1 Å². The lowest BCUT2D eigenvalue weighted by molar-refractivity contribution is 0.1000. The Balaban J connectivity index is 1.91. The fraction of sp³-hybridized carbons (Fsp3) is 0.111. The largest absolute Gasteiger partial charge is 0.495 e. The Labute approximate surface area is 153 Å². The van der Waals surface area contributed by atoms with Gasteiger partial charge in [-0.2, -0.15) is 5.10 Å². The van der Waals surface area contributed by atoms with Gasteiger partial charge in [0, 0.05) is 27.7 Å². The number of alkyl halides is 1. The van der Waals surface area contributed by atoms with Crippen molar-refractivity contribution in [3.05, 3.63) is 59.8 Å². The molecule has 4 N–H and O–H groups in total. The van der Waals surface area contributed by atoms with Gasteiger partial charge in [-0.15, -0.1) is 0 Å². The Morgan fingerprint density at radius 3 is 2.88 bits per heavy atom. The van der Waals surface area contributed by atoms with Crippen molar-refractivity contribution in [3.63, 3.8) is 0 Å². The van der Waals surface area contributed by atoms with Gasteiger partial charge in [0.05, 0.1) is 24.7 Å². The molecule has 3 rings (SSSR count). The van der Waals surface area contributed by atoms with E-state index in [1.165, 1.54) is 0 Å². The number of anilines is 2. The molecular formula is C18H17BrN4O2. The zero-order valence-electron chi connectivity index (χ0n) is 13.5. The van der Waals surface area contributed by atoms with Crippen LogP contribution in [0.1, 0.15) is 15.9 Å². The maximum Gasteiger partial charge on any atom is 0.248 e. The molecule has 7 heteroatoms. The Bertz CT molecular complexity index is 908. The van der Waals surface area contributed by atoms with E-state index < -0.39 is 5.91 Å². The fourth-order valence-corrected chi connectivity index (χ4v) is 2.94. The number of carbonyl (C=O) groups excluding carboxylic acids is 1. The summed E-state index contributed by atoms with van der Waals surface area (Å²) in [5.41, 5.74) is 10.4. The number of aromatic nitrogens is 2. The molecular weight excluding hydrogens is 384 g/mol. The third kappa shape index (κ3) is 3.66. The topological polar surface area (TPSA) is 93.0 Å². The summed E-state index contributed by atoms with van der Waals surface area (Å²) in [7, 11) is 1.55. The van der Waals surface area contributed by atoms with Gasteiger partial charge < -0.3 is 15.8 Å². The number of nitrogens with zero attached hydrogens (tertiary/aromatic N) is 1. The molecule has 0 fully saturated rings. The summed E-state index contributed by atoms with van der Waals surface area (Å²) in [5, 5.41) is 11.1. The van der Waals surface area contributed by atoms with E-state index in [0.29, 0.717) is 11.3 Å². The SMILES string of the molecule is COc1cc(C(N)=O)ccc1Nc1cccc(-c2[nH]ncc2CBr)c1. The smallest absolute Gasteiger partial charge is 0.248 e. The van der Waals surface area contributed by atoms with Crippen molar-refractivity contribution < 1.29 is 9.53 Å². The molecule has 0 aliphatic rings. The first-order valence-electron chi connectivity index (χ1n) is 7.56. The number of carbonyl (C=O) groups is 1. The van der Waals surface area contributed by atoms with Crippen LogP contribution in [0.3, 0.4) is 0 Å². The van der Waals surface area contributed by atoms with Crippen molar-refractivity contribution in [3.8, 4) is 17.0 Å². The molecule has 0 unspecified atom stereocenters. The summed E-state index contributed by atoms with van der Waals surface area (Å²) >= 11 is 3.46. The molecule has 25 heavy (non-hydrogen) atoms. The summed E-state index contributed by atoms with van der Waals surface area (Å²) in [4.78, 5) is 11.3. The molecule has 3 aromatic rings. The first-order chi connectivity index (χ1) is 12.1. The van der Waals surface area contributed by atoms with Crippen LogP contribution in [0.4, 0.5) is 11.4 Å². The third-order valence-electron chi connectivity index (χ3n) is 3.78. The highest BCUT2D eigenvalue weighted by Gasteiger charge is 2.10. The number of primary amides is 1. The quantitative estimate of drug-likeness (QED) is 0.548. The Hall–Kier alpha value is -2.80. The van der Waals surface area contributed by atoms with Crippen LogP contribution in [0.2, 0.25) is 0 Å². The molecule has 0 atom stereocenters. The van der Waals surface area contributed by atoms with Gasteiger partial charge in [-0.3, -0.25) is 9.89 Å². The van der Waals surface area contributed by atoms with E-state index in [0.717, 1.165) is 33.5 Å². The van der Waals surface area contributed by atoms with Crippen molar-refractivity contribution in [2.24, 2.45) is 5.73 Å². The van der Waals surface area contributed by atoms with Crippen LogP contribution in [0.5, 0.6) is 5.75 Å². The first kappa shape index (κ1) is 17.0. The predicted molar refractivity (Wildman–Crippen MR) is 101 cm³/mol. The number of hydrogen-bond acceptors (Lipinski definition) is 4. The average Bonchev–Trinajstić information content (AvgIpc) is 3.11. The molecule has 0 saturated carbocycles. The minimum absolute atomic E-state index is 0.399. The van der Waals surface area contributed by atoms with E-state index in [4.69, 9.17) is 10.5 Å². The molecule has 0 aliphatic heterocycles. The van der Waals surface area contributed by atoms with Crippen LogP contribution in [-0.4, -0.2) is 23.2 Å². The van der Waals surface area contributed by atoms with Gasteiger partial charge in [0.2, 0.25) is 5.91 Å². The number of amides is 1. The third-order valence-corrected chi connectivity index (χ3v) is 4.38. The van der Waals surface area contributed by atoms with E-state index in [9.17, 15) is 4.79 Å². The minimum atomic E-state index is -0.492. The van der Waals surface area contributed by atoms with Crippen molar-refractivity contribution in [1.29, 1.82) is 0 Å². The molecule has 0 radical (unpaired) electrons. The van der Waals surface area contributed by atoms with Crippen LogP contribution in [-0.2, 0) is 5.33 Å². The van der Waals surface area contributed by atoms with Gasteiger partial charge in [0.15, 0.2) is 0 Å². The molecule has 6 nitrogen and oxygen atoms in total. The number of methoxy groups -OCH3 is 1. The number of nitrogens with one attached hydrogen (secondary N) is 2. The number of benzene rings is 2. The normalized spacial score (nSPS) is 10.5. The van der Waals surface area contributed by atoms with Crippen LogP contribution < -0.4 is 15.8 Å². The number of halogens is 1. The monoisotopic (exact) mass is 400 g/mol. The predicted octanol–water partition coefficient (Wildman–Crippen LogP) is 3.82. The van der Waals surface area contributed by atoms with Crippen molar-refractivity contribution in [2.45, 2.75) is 5.33 Å². The lowest BCUT2D eigenvalue weighted by atomic mass is 10.1. The molecule has 0 saturated heterocycles. The van der Waals surface area contributed by atoms with Crippen LogP contribution in [0, 0.1) is 0 Å². The number of aromatic amines is 1. The maximum absolute atomic E-state index is 11.3. The van der Waals surface area contributed by atoms with Crippen LogP contribution in [0.25, 0.3) is 11.3 Å². The van der Waals surface area contributed by atoms with Gasteiger partial charge in [-0.05, 0) is 30.3 Å². The minimum Gasteiger partial charge on any atom is -0.495 e. The molecule has 1 amide bonds. The lowest BCUT2D eigenvalue weighted by Crippen LogP contribution is -2.11. The number of ether oxygens (including phenoxy) is 1. The Morgan fingerprint density at radius 1 is 1.32 bits per heavy atom. The zero-order chi connectivity index (χ0) is 17.8. The summed E-state index contributed by atoms with van der Waals surface area (Å²) in [5.74, 6) is 0.0535. The molecule has 0 bridgehead atoms. The Kier molecular flexibility index (Phi) is 5.04. The number of hydrogen-bond donors (Lipinski definition) is 3. The zero-order valence-corrected chi connectivity index (χ0v) is 15.1. The second-order valence-electron chi connectivity index (χ2n) is 5.39. The van der Waals surface area contributed by atoms with Gasteiger partial charge in [-0.25, -0.2) is 0 Å². The maximum atomic E-state index is 11.3. The fourth-order valence-electron chi connectivity index (χ4n) is 2.52. The molecule has 0 aliphatic carbocycles. The van der Waals surface area contributed by atoms with E-state index in [1.54, 1.807) is 31.5 Å². The van der Waals surface area contributed by atoms with Crippen molar-refractivity contribution >= 4 is 33.2 Å². The van der Waals surface area contributed by atoms with Gasteiger partial charge in [0.1, 0.15) is 5.75 Å².